The summed E-state index contributed by atoms with van der Waals surface area (Å²) in [6.07, 6.45) is 3.24. The van der Waals surface area contributed by atoms with Gasteiger partial charge in [-0.25, -0.2) is 9.97 Å². The van der Waals surface area contributed by atoms with E-state index in [-0.39, 0.29) is 0 Å². The maximum absolute atomic E-state index is 4.31. The summed E-state index contributed by atoms with van der Waals surface area (Å²) >= 11 is 0. The Morgan fingerprint density at radius 2 is 1.25 bits per heavy atom. The van der Waals surface area contributed by atoms with Crippen molar-refractivity contribution in [2.45, 2.75) is 13.8 Å². The molecule has 0 N–H and O–H groups in total. The first-order chi connectivity index (χ1) is 5.77. The van der Waals surface area contributed by atoms with Crippen LogP contribution in [0.25, 0.3) is 11.0 Å². The Bertz CT molecular complexity index is 384. The predicted octanol–water partition coefficient (Wildman–Crippen LogP) is 1.04. The van der Waals surface area contributed by atoms with Gasteiger partial charge in [0.25, 0.3) is 0 Å². The van der Waals surface area contributed by atoms with Gasteiger partial charge in [0.2, 0.25) is 0 Å². The van der Waals surface area contributed by atoms with E-state index in [9.17, 15) is 0 Å². The third-order valence-electron chi connectivity index (χ3n) is 1.79. The van der Waals surface area contributed by atoms with Crippen molar-refractivity contribution in [3.8, 4) is 0 Å². The van der Waals surface area contributed by atoms with Crippen molar-refractivity contribution in [2.24, 2.45) is 0 Å². The van der Waals surface area contributed by atoms with Gasteiger partial charge in [-0.05, 0) is 13.8 Å². The number of hydrogen-bond donors (Lipinski definition) is 0. The van der Waals surface area contributed by atoms with E-state index in [0.717, 1.165) is 22.4 Å². The Kier molecular flexibility index (Phi) is 1.46. The van der Waals surface area contributed by atoms with Crippen LogP contribution < -0.4 is 0 Å². The molecule has 0 atom stereocenters. The van der Waals surface area contributed by atoms with Gasteiger partial charge in [-0.2, -0.15) is 10.2 Å². The molecular weight excluding hydrogens is 152 g/mol. The van der Waals surface area contributed by atoms with Gasteiger partial charge in [-0.1, -0.05) is 0 Å². The van der Waals surface area contributed by atoms with Crippen molar-refractivity contribution in [3.63, 3.8) is 0 Å². The van der Waals surface area contributed by atoms with Gasteiger partial charge in [0.1, 0.15) is 11.0 Å². The molecule has 4 nitrogen and oxygen atoms in total. The highest BCUT2D eigenvalue weighted by Crippen LogP contribution is 2.08. The monoisotopic (exact) mass is 160 g/mol. The summed E-state index contributed by atoms with van der Waals surface area (Å²) in [6.45, 7) is 3.87. The van der Waals surface area contributed by atoms with Crippen LogP contribution in [0.15, 0.2) is 12.4 Å². The first-order valence-corrected chi connectivity index (χ1v) is 3.69. The molecule has 0 bridgehead atoms. The Labute approximate surface area is 69.7 Å². The Morgan fingerprint density at radius 3 is 1.67 bits per heavy atom. The van der Waals surface area contributed by atoms with Gasteiger partial charge in [0, 0.05) is 0 Å². The third kappa shape index (κ3) is 1.01. The first kappa shape index (κ1) is 7.09. The molecule has 12 heavy (non-hydrogen) atoms. The lowest BCUT2D eigenvalue weighted by atomic mass is 10.3. The summed E-state index contributed by atoms with van der Waals surface area (Å²) in [7, 11) is 0. The van der Waals surface area contributed by atoms with Crippen molar-refractivity contribution in [1.82, 2.24) is 20.2 Å². The molecule has 0 radical (unpaired) electrons. The lowest BCUT2D eigenvalue weighted by Crippen LogP contribution is -1.94. The van der Waals surface area contributed by atoms with Crippen LogP contribution in [-0.4, -0.2) is 20.2 Å². The SMILES string of the molecule is Cc1nc2cnncc2nc1C. The van der Waals surface area contributed by atoms with E-state index in [1.165, 1.54) is 0 Å². The van der Waals surface area contributed by atoms with Crippen LogP contribution >= 0.6 is 0 Å². The second-order valence-electron chi connectivity index (χ2n) is 2.65. The summed E-state index contributed by atoms with van der Waals surface area (Å²) in [5, 5.41) is 7.46. The molecule has 0 amide bonds. The van der Waals surface area contributed by atoms with Crippen LogP contribution in [0.2, 0.25) is 0 Å². The minimum atomic E-state index is 0.799. The second kappa shape index (κ2) is 2.48. The van der Waals surface area contributed by atoms with Crippen molar-refractivity contribution in [3.05, 3.63) is 23.8 Å². The van der Waals surface area contributed by atoms with Crippen molar-refractivity contribution < 1.29 is 0 Å². The highest BCUT2D eigenvalue weighted by molar-refractivity contribution is 5.71. The number of nitrogens with zero attached hydrogens (tertiary/aromatic N) is 4. The van der Waals surface area contributed by atoms with E-state index >= 15 is 0 Å². The fourth-order valence-electron chi connectivity index (χ4n) is 1.00. The minimum Gasteiger partial charge on any atom is -0.248 e. The van der Waals surface area contributed by atoms with Gasteiger partial charge >= 0.3 is 0 Å². The molecule has 0 fully saturated rings. The van der Waals surface area contributed by atoms with Crippen LogP contribution in [0.5, 0.6) is 0 Å². The van der Waals surface area contributed by atoms with Gasteiger partial charge in [0.15, 0.2) is 0 Å². The maximum atomic E-state index is 4.31. The molecule has 0 aliphatic carbocycles. The molecule has 0 aromatic carbocycles. The molecule has 0 aliphatic heterocycles. The summed E-state index contributed by atoms with van der Waals surface area (Å²) in [4.78, 5) is 8.62. The third-order valence-corrected chi connectivity index (χ3v) is 1.79. The normalized spacial score (nSPS) is 10.5. The van der Waals surface area contributed by atoms with E-state index in [1.807, 2.05) is 13.8 Å². The zero-order chi connectivity index (χ0) is 8.55. The van der Waals surface area contributed by atoms with E-state index in [4.69, 9.17) is 0 Å². The molecule has 0 saturated heterocycles. The molecule has 4 heteroatoms. The quantitative estimate of drug-likeness (QED) is 0.577. The Hall–Kier alpha value is -1.58. The van der Waals surface area contributed by atoms with Gasteiger partial charge in [0.05, 0.1) is 23.8 Å². The van der Waals surface area contributed by atoms with Crippen LogP contribution in [-0.2, 0) is 0 Å². The fourth-order valence-corrected chi connectivity index (χ4v) is 1.00. The molecule has 0 aliphatic rings. The summed E-state index contributed by atoms with van der Waals surface area (Å²) < 4.78 is 0. The number of fused-ring (bicyclic) bond motifs is 1. The van der Waals surface area contributed by atoms with E-state index < -0.39 is 0 Å². The van der Waals surface area contributed by atoms with Crippen LogP contribution in [0.3, 0.4) is 0 Å². The lowest BCUT2D eigenvalue weighted by Gasteiger charge is -1.99. The average Bonchev–Trinajstić information content (AvgIpc) is 2.07. The zero-order valence-corrected chi connectivity index (χ0v) is 6.94. The minimum absolute atomic E-state index is 0.799. The highest BCUT2D eigenvalue weighted by Gasteiger charge is 1.99. The van der Waals surface area contributed by atoms with Crippen LogP contribution in [0.4, 0.5) is 0 Å². The van der Waals surface area contributed by atoms with Gasteiger partial charge < -0.3 is 0 Å². The number of rotatable bonds is 0. The molecule has 0 unspecified atom stereocenters. The molecule has 2 aromatic heterocycles. The number of hydrogen-bond acceptors (Lipinski definition) is 4. The summed E-state index contributed by atoms with van der Waals surface area (Å²) in [6, 6.07) is 0. The largest absolute Gasteiger partial charge is 0.248 e. The number of aromatic nitrogens is 4. The average molecular weight is 160 g/mol. The zero-order valence-electron chi connectivity index (χ0n) is 6.94. The Balaban J connectivity index is 2.84. The predicted molar refractivity (Wildman–Crippen MR) is 44.6 cm³/mol. The first-order valence-electron chi connectivity index (χ1n) is 3.69. The van der Waals surface area contributed by atoms with E-state index in [1.54, 1.807) is 12.4 Å². The molecule has 60 valence electrons. The molecule has 0 spiro atoms. The van der Waals surface area contributed by atoms with Crippen molar-refractivity contribution in [1.29, 1.82) is 0 Å². The van der Waals surface area contributed by atoms with Gasteiger partial charge in [-0.3, -0.25) is 0 Å². The summed E-state index contributed by atoms with van der Waals surface area (Å²) in [5.41, 5.74) is 3.48. The molecule has 0 saturated carbocycles. The van der Waals surface area contributed by atoms with Crippen LogP contribution in [0, 0.1) is 13.8 Å². The second-order valence-corrected chi connectivity index (χ2v) is 2.65. The Morgan fingerprint density at radius 1 is 0.833 bits per heavy atom. The maximum Gasteiger partial charge on any atom is 0.111 e. The molecule has 2 rings (SSSR count). The van der Waals surface area contributed by atoms with E-state index in [0.29, 0.717) is 0 Å². The standard InChI is InChI=1S/C8H8N4/c1-5-6(2)12-8-4-10-9-3-7(8)11-5/h3-4H,1-2H3. The fraction of sp³-hybridized carbons (Fsp3) is 0.250. The van der Waals surface area contributed by atoms with Crippen LogP contribution in [0.1, 0.15) is 11.4 Å². The van der Waals surface area contributed by atoms with Crippen molar-refractivity contribution >= 4 is 11.0 Å². The smallest absolute Gasteiger partial charge is 0.111 e. The summed E-state index contributed by atoms with van der Waals surface area (Å²) in [5.74, 6) is 0. The molecule has 2 aromatic rings. The topological polar surface area (TPSA) is 51.6 Å². The molecule has 2 heterocycles. The van der Waals surface area contributed by atoms with Crippen molar-refractivity contribution in [2.75, 3.05) is 0 Å². The van der Waals surface area contributed by atoms with E-state index in [2.05, 4.69) is 20.2 Å². The lowest BCUT2D eigenvalue weighted by molar-refractivity contribution is 1.01. The molecular formula is C8H8N4. The highest BCUT2D eigenvalue weighted by atomic mass is 15.1. The number of aryl methyl sites for hydroxylation is 2. The van der Waals surface area contributed by atoms with Gasteiger partial charge in [-0.15, -0.1) is 0 Å².